The number of fused-ring (bicyclic) bond motifs is 6. The minimum atomic E-state index is -0.782. The molecular formula is C56H37NO. The molecule has 0 aliphatic rings. The van der Waals surface area contributed by atoms with Gasteiger partial charge in [-0.15, -0.1) is 0 Å². The van der Waals surface area contributed by atoms with Gasteiger partial charge in [-0.25, -0.2) is 0 Å². The van der Waals surface area contributed by atoms with E-state index in [1.165, 1.54) is 0 Å². The summed E-state index contributed by atoms with van der Waals surface area (Å²) in [6.07, 6.45) is 0. The second kappa shape index (κ2) is 14.1. The number of benzene rings is 10. The van der Waals surface area contributed by atoms with Crippen molar-refractivity contribution < 1.29 is 22.2 Å². The quantitative estimate of drug-likeness (QED) is 0.161. The van der Waals surface area contributed by atoms with Gasteiger partial charge >= 0.3 is 0 Å². The summed E-state index contributed by atoms with van der Waals surface area (Å²) in [5.74, 6) is 0. The molecule has 0 saturated carbocycles. The van der Waals surface area contributed by atoms with Gasteiger partial charge in [0.05, 0.1) is 28.9 Å². The molecule has 0 bridgehead atoms. The van der Waals surface area contributed by atoms with Crippen molar-refractivity contribution in [1.82, 2.24) is 0 Å². The van der Waals surface area contributed by atoms with Crippen LogP contribution in [0.3, 0.4) is 0 Å². The molecule has 0 unspecified atom stereocenters. The lowest BCUT2D eigenvalue weighted by atomic mass is 9.95. The van der Waals surface area contributed by atoms with Crippen LogP contribution in [-0.2, 0) is 0 Å². The minimum absolute atomic E-state index is 0.164. The fourth-order valence-electron chi connectivity index (χ4n) is 7.74. The van der Waals surface area contributed by atoms with Gasteiger partial charge in [0.15, 0.2) is 0 Å². The van der Waals surface area contributed by atoms with Crippen LogP contribution in [0, 0.1) is 0 Å². The van der Waals surface area contributed by atoms with Crippen LogP contribution in [0.5, 0.6) is 0 Å². The third-order valence-corrected chi connectivity index (χ3v) is 10.5. The fraction of sp³-hybridized carbons (Fsp3) is 0. The largest absolute Gasteiger partial charge is 0.455 e. The average molecular weight is 753 g/mol. The van der Waals surface area contributed by atoms with Gasteiger partial charge in [-0.05, 0) is 109 Å². The van der Waals surface area contributed by atoms with E-state index in [1.807, 2.05) is 103 Å². The molecule has 272 valence electrons. The summed E-state index contributed by atoms with van der Waals surface area (Å²) >= 11 is 0. The molecule has 11 aromatic rings. The van der Waals surface area contributed by atoms with Crippen LogP contribution in [0.1, 0.15) is 17.8 Å². The van der Waals surface area contributed by atoms with E-state index in [1.54, 1.807) is 11.0 Å². The van der Waals surface area contributed by atoms with Gasteiger partial charge in [0.25, 0.3) is 0 Å². The van der Waals surface area contributed by atoms with Gasteiger partial charge in [0.2, 0.25) is 0 Å². The second-order valence-electron chi connectivity index (χ2n) is 13.9. The van der Waals surface area contributed by atoms with Gasteiger partial charge in [-0.3, -0.25) is 0 Å². The number of rotatable bonds is 7. The summed E-state index contributed by atoms with van der Waals surface area (Å²) in [6, 6.07) is 38.3. The third kappa shape index (κ3) is 5.91. The van der Waals surface area contributed by atoms with Gasteiger partial charge in [-0.1, -0.05) is 176 Å². The number of anilines is 3. The summed E-state index contributed by atoms with van der Waals surface area (Å²) in [6.45, 7) is 0. The van der Waals surface area contributed by atoms with Crippen LogP contribution in [-0.4, -0.2) is 0 Å². The van der Waals surface area contributed by atoms with Gasteiger partial charge in [-0.2, -0.15) is 0 Å². The lowest BCUT2D eigenvalue weighted by molar-refractivity contribution is 0.672. The Kier molecular flexibility index (Phi) is 5.54. The maximum Gasteiger partial charge on any atom is 0.143 e. The molecule has 10 aromatic carbocycles. The Balaban J connectivity index is 1.11. The van der Waals surface area contributed by atoms with Crippen LogP contribution >= 0.6 is 0 Å². The van der Waals surface area contributed by atoms with E-state index in [-0.39, 0.29) is 5.69 Å². The van der Waals surface area contributed by atoms with Crippen LogP contribution < -0.4 is 4.90 Å². The smallest absolute Gasteiger partial charge is 0.143 e. The first-order chi connectivity index (χ1) is 34.2. The fourth-order valence-corrected chi connectivity index (χ4v) is 7.74. The molecule has 0 atom stereocenters. The summed E-state index contributed by atoms with van der Waals surface area (Å²) in [4.78, 5) is 1.64. The van der Waals surface area contributed by atoms with Crippen molar-refractivity contribution in [3.63, 3.8) is 0 Å². The highest BCUT2D eigenvalue weighted by atomic mass is 16.3. The Labute approximate surface area is 355 Å². The normalized spacial score (nSPS) is 14.6. The van der Waals surface area contributed by atoms with Crippen molar-refractivity contribution in [1.29, 1.82) is 0 Å². The maximum absolute atomic E-state index is 9.70. The van der Waals surface area contributed by atoms with Crippen molar-refractivity contribution in [2.24, 2.45) is 0 Å². The zero-order valence-electron chi connectivity index (χ0n) is 43.7. The average Bonchev–Trinajstić information content (AvgIpc) is 3.79. The van der Waals surface area contributed by atoms with Gasteiger partial charge in [0.1, 0.15) is 11.2 Å². The second-order valence-corrected chi connectivity index (χ2v) is 13.9. The summed E-state index contributed by atoms with van der Waals surface area (Å²) in [5, 5.41) is 5.48. The van der Waals surface area contributed by atoms with E-state index in [2.05, 4.69) is 36.4 Å². The summed E-state index contributed by atoms with van der Waals surface area (Å²) in [7, 11) is 0. The van der Waals surface area contributed by atoms with Crippen LogP contribution in [0.15, 0.2) is 229 Å². The highest BCUT2D eigenvalue weighted by Crippen LogP contribution is 2.45. The van der Waals surface area contributed by atoms with E-state index < -0.39 is 101 Å². The van der Waals surface area contributed by atoms with E-state index in [0.29, 0.717) is 27.9 Å². The zero-order valence-corrected chi connectivity index (χ0v) is 30.7. The Morgan fingerprint density at radius 3 is 1.74 bits per heavy atom. The topological polar surface area (TPSA) is 16.4 Å². The molecule has 2 nitrogen and oxygen atoms in total. The van der Waals surface area contributed by atoms with Crippen LogP contribution in [0.4, 0.5) is 17.1 Å². The number of hydrogen-bond donors (Lipinski definition) is 0. The minimum Gasteiger partial charge on any atom is -0.455 e. The van der Waals surface area contributed by atoms with E-state index in [4.69, 9.17) is 16.8 Å². The highest BCUT2D eigenvalue weighted by Gasteiger charge is 2.21. The monoisotopic (exact) mass is 752 g/mol. The molecule has 1 heterocycles. The molecule has 0 aliphatic heterocycles. The number of hydrogen-bond acceptors (Lipinski definition) is 2. The first-order valence-corrected chi connectivity index (χ1v) is 18.8. The maximum atomic E-state index is 9.70. The Hall–Kier alpha value is -7.68. The SMILES string of the molecule is [2H]c1c([2H])c([2H])c(-c2c([2H])c([2H])c(-c3c([2H])c([2H])c(N(c4ccc(-c5cccc(-c6cccc7ccccc67)c5)cc4)c4cccc5oc6c7ccccc7ccc6c45)c([2H])c3[2H])c([2H])c2[2H])c([2H])c1[2H]. The molecule has 0 spiro atoms. The van der Waals surface area contributed by atoms with Crippen molar-refractivity contribution >= 4 is 60.5 Å². The molecule has 0 aliphatic carbocycles. The third-order valence-electron chi connectivity index (χ3n) is 10.5. The lowest BCUT2D eigenvalue weighted by Gasteiger charge is -2.26. The number of furan rings is 1. The molecule has 2 heteroatoms. The zero-order chi connectivity index (χ0) is 49.7. The van der Waals surface area contributed by atoms with E-state index in [9.17, 15) is 5.48 Å². The highest BCUT2D eigenvalue weighted by molar-refractivity contribution is 6.19. The number of nitrogens with zero attached hydrogens (tertiary/aromatic N) is 1. The molecule has 1 aromatic heterocycles. The van der Waals surface area contributed by atoms with Gasteiger partial charge < -0.3 is 9.32 Å². The van der Waals surface area contributed by atoms with Crippen molar-refractivity contribution in [3.05, 3.63) is 224 Å². The Bertz CT molecular complexity index is 3960. The molecule has 0 saturated heterocycles. The molecule has 11 rings (SSSR count). The Morgan fingerprint density at radius 2 is 0.983 bits per heavy atom. The van der Waals surface area contributed by atoms with Crippen molar-refractivity contribution in [3.8, 4) is 44.5 Å². The molecule has 58 heavy (non-hydrogen) atoms. The van der Waals surface area contributed by atoms with E-state index in [0.717, 1.165) is 49.2 Å². The first-order valence-electron chi connectivity index (χ1n) is 25.3. The van der Waals surface area contributed by atoms with Gasteiger partial charge in [0, 0.05) is 22.1 Å². The lowest BCUT2D eigenvalue weighted by Crippen LogP contribution is -2.10. The summed E-state index contributed by atoms with van der Waals surface area (Å²) in [5.41, 5.74) is 3.70. The van der Waals surface area contributed by atoms with E-state index >= 15 is 0 Å². The summed E-state index contributed by atoms with van der Waals surface area (Å²) < 4.78 is 123. The first kappa shape index (κ1) is 22.8. The molecular weight excluding hydrogens is 703 g/mol. The molecule has 0 N–H and O–H groups in total. The Morgan fingerprint density at radius 1 is 0.379 bits per heavy atom. The molecule has 0 radical (unpaired) electrons. The molecule has 0 amide bonds. The van der Waals surface area contributed by atoms with Crippen molar-refractivity contribution in [2.45, 2.75) is 0 Å². The van der Waals surface area contributed by atoms with Crippen molar-refractivity contribution in [2.75, 3.05) is 4.90 Å². The predicted octanol–water partition coefficient (Wildman–Crippen LogP) is 16.0. The van der Waals surface area contributed by atoms with Crippen LogP contribution in [0.25, 0.3) is 88.0 Å². The molecule has 0 fully saturated rings. The standard InChI is InChI=1S/C56H37NO/c1-2-11-38(12-3-1)39-23-25-40(26-24-39)41-27-32-47(33-28-41)57(53-21-10-22-54-55(53)52-36-31-44-14-5-7-19-51(44)56(52)58-54)48-34-29-42(30-35-48)45-16-8-17-46(37-45)50-20-9-15-43-13-4-6-18-49(43)50/h1-37H/i1D,2D,3D,11D,12D,23D,24D,25D,26D,27D,28D,32D,33D. The predicted molar refractivity (Wildman–Crippen MR) is 245 cm³/mol. The van der Waals surface area contributed by atoms with Crippen LogP contribution in [0.2, 0.25) is 0 Å².